The molecule has 1 aliphatic heterocycles. The Morgan fingerprint density at radius 3 is 2.88 bits per heavy atom. The van der Waals surface area contributed by atoms with Gasteiger partial charge < -0.3 is 20.9 Å². The average Bonchev–Trinajstić information content (AvgIpc) is 3.38. The highest BCUT2D eigenvalue weighted by atomic mass is 19.1. The highest BCUT2D eigenvalue weighted by Crippen LogP contribution is 2.28. The first-order valence-electron chi connectivity index (χ1n) is 10.1. The maximum atomic E-state index is 14.7. The fraction of sp³-hybridized carbons (Fsp3) is 0.182. The number of carbonyl (C=O) groups is 2. The summed E-state index contributed by atoms with van der Waals surface area (Å²) in [5.74, 6) is -1.65. The van der Waals surface area contributed by atoms with Crippen molar-refractivity contribution in [3.8, 4) is 0 Å². The fourth-order valence-electron chi connectivity index (χ4n) is 3.81. The van der Waals surface area contributed by atoms with E-state index >= 15 is 0 Å². The monoisotopic (exact) mass is 433 g/mol. The molecule has 0 saturated heterocycles. The van der Waals surface area contributed by atoms with Crippen LogP contribution in [0.15, 0.2) is 48.8 Å². The molecule has 0 radical (unpaired) electrons. The smallest absolute Gasteiger partial charge is 0.268 e. The van der Waals surface area contributed by atoms with E-state index in [0.717, 1.165) is 5.56 Å². The van der Waals surface area contributed by atoms with Crippen molar-refractivity contribution in [3.63, 3.8) is 0 Å². The zero-order valence-electron chi connectivity index (χ0n) is 17.2. The number of rotatable bonds is 4. The number of fused-ring (bicyclic) bond motifs is 3. The second kappa shape index (κ2) is 7.49. The summed E-state index contributed by atoms with van der Waals surface area (Å²) in [7, 11) is 0. The first-order chi connectivity index (χ1) is 15.4. The van der Waals surface area contributed by atoms with Crippen molar-refractivity contribution in [2.45, 2.75) is 19.5 Å². The topological polar surface area (TPSA) is 120 Å². The number of hydrogen-bond acceptors (Lipinski definition) is 5. The molecule has 2 amide bonds. The molecule has 0 fully saturated rings. The molecule has 4 aromatic rings. The molecule has 4 heterocycles. The lowest BCUT2D eigenvalue weighted by Crippen LogP contribution is -2.37. The van der Waals surface area contributed by atoms with Crippen molar-refractivity contribution in [1.29, 1.82) is 0 Å². The predicted octanol–water partition coefficient (Wildman–Crippen LogP) is 2.56. The fourth-order valence-corrected chi connectivity index (χ4v) is 3.81. The van der Waals surface area contributed by atoms with Crippen LogP contribution in [0.25, 0.3) is 11.0 Å². The largest absolute Gasteiger partial charge is 0.399 e. The Balaban J connectivity index is 1.39. The summed E-state index contributed by atoms with van der Waals surface area (Å²) in [5, 5.41) is 10.00. The van der Waals surface area contributed by atoms with Gasteiger partial charge >= 0.3 is 0 Å². The van der Waals surface area contributed by atoms with Gasteiger partial charge in [0.1, 0.15) is 11.3 Å². The van der Waals surface area contributed by atoms with Crippen LogP contribution in [0.4, 0.5) is 15.9 Å². The van der Waals surface area contributed by atoms with Crippen LogP contribution < -0.4 is 16.4 Å². The summed E-state index contributed by atoms with van der Waals surface area (Å²) in [4.78, 5) is 29.2. The molecule has 1 aliphatic rings. The molecule has 162 valence electrons. The summed E-state index contributed by atoms with van der Waals surface area (Å²) >= 11 is 0. The summed E-state index contributed by atoms with van der Waals surface area (Å²) < 4.78 is 18.0. The molecule has 0 unspecified atom stereocenters. The number of halogens is 1. The van der Waals surface area contributed by atoms with Crippen molar-refractivity contribution in [3.05, 3.63) is 71.4 Å². The molecule has 0 bridgehead atoms. The number of benzene rings is 1. The van der Waals surface area contributed by atoms with Gasteiger partial charge in [-0.3, -0.25) is 14.3 Å². The number of pyridine rings is 1. The molecule has 3 aromatic heterocycles. The third kappa shape index (κ3) is 3.45. The van der Waals surface area contributed by atoms with Gasteiger partial charge in [-0.05, 0) is 36.8 Å². The van der Waals surface area contributed by atoms with E-state index in [4.69, 9.17) is 5.73 Å². The Morgan fingerprint density at radius 2 is 2.09 bits per heavy atom. The number of nitrogens with two attached hydrogens (primary N) is 1. The maximum Gasteiger partial charge on any atom is 0.268 e. The van der Waals surface area contributed by atoms with Crippen LogP contribution in [0.3, 0.4) is 0 Å². The number of carbonyl (C=O) groups excluding carboxylic acids is 2. The van der Waals surface area contributed by atoms with Gasteiger partial charge in [0.05, 0.1) is 24.3 Å². The first-order valence-corrected chi connectivity index (χ1v) is 10.1. The van der Waals surface area contributed by atoms with Crippen molar-refractivity contribution in [2.75, 3.05) is 17.6 Å². The normalized spacial score (nSPS) is 15.4. The average molecular weight is 433 g/mol. The Labute approximate surface area is 182 Å². The third-order valence-corrected chi connectivity index (χ3v) is 5.45. The zero-order chi connectivity index (χ0) is 22.4. The van der Waals surface area contributed by atoms with Crippen molar-refractivity contribution < 1.29 is 14.0 Å². The molecule has 4 N–H and O–H groups in total. The number of nitrogens with one attached hydrogen (secondary N) is 2. The lowest BCUT2D eigenvalue weighted by atomic mass is 10.2. The quantitative estimate of drug-likeness (QED) is 0.427. The minimum absolute atomic E-state index is 0.0479. The Morgan fingerprint density at radius 1 is 1.31 bits per heavy atom. The van der Waals surface area contributed by atoms with Gasteiger partial charge in [0, 0.05) is 23.8 Å². The standard InChI is InChI=1S/C22H20FN7O2/c1-12-8-25-22(32)18-7-14-6-17(23)19(27-20(14)30(12)18)28-21(31)15-9-26-29(11-15)10-13-2-4-16(24)5-3-13/h2-7,9,11-12H,8,10,24H2,1H3,(H,25,32)(H,27,28,31)/t12-/m1/s1. The van der Waals surface area contributed by atoms with E-state index in [1.165, 1.54) is 12.3 Å². The molecular weight excluding hydrogens is 413 g/mol. The van der Waals surface area contributed by atoms with Crippen LogP contribution in [-0.2, 0) is 6.54 Å². The van der Waals surface area contributed by atoms with Crippen molar-refractivity contribution in [2.24, 2.45) is 0 Å². The lowest BCUT2D eigenvalue weighted by Gasteiger charge is -2.23. The van der Waals surface area contributed by atoms with E-state index in [0.29, 0.717) is 35.5 Å². The van der Waals surface area contributed by atoms with E-state index < -0.39 is 11.7 Å². The molecule has 1 atom stereocenters. The first kappa shape index (κ1) is 19.7. The predicted molar refractivity (Wildman–Crippen MR) is 117 cm³/mol. The second-order valence-electron chi connectivity index (χ2n) is 7.81. The van der Waals surface area contributed by atoms with Gasteiger partial charge in [-0.2, -0.15) is 5.10 Å². The van der Waals surface area contributed by atoms with Gasteiger partial charge in [-0.15, -0.1) is 0 Å². The van der Waals surface area contributed by atoms with Gasteiger partial charge in [0.15, 0.2) is 11.6 Å². The van der Waals surface area contributed by atoms with Crippen LogP contribution in [0.1, 0.15) is 39.4 Å². The van der Waals surface area contributed by atoms with E-state index in [1.54, 1.807) is 33.6 Å². The number of amides is 2. The van der Waals surface area contributed by atoms with Crippen LogP contribution >= 0.6 is 0 Å². The van der Waals surface area contributed by atoms with Gasteiger partial charge in [-0.25, -0.2) is 9.37 Å². The van der Waals surface area contributed by atoms with Crippen molar-refractivity contribution in [1.82, 2.24) is 24.6 Å². The number of nitrogen functional groups attached to an aromatic ring is 1. The van der Waals surface area contributed by atoms with Crippen LogP contribution in [0.5, 0.6) is 0 Å². The highest BCUT2D eigenvalue weighted by molar-refractivity contribution is 6.04. The Bertz CT molecular complexity index is 1360. The number of aromatic nitrogens is 4. The lowest BCUT2D eigenvalue weighted by molar-refractivity contribution is 0.0918. The second-order valence-corrected chi connectivity index (χ2v) is 7.81. The zero-order valence-corrected chi connectivity index (χ0v) is 17.2. The van der Waals surface area contributed by atoms with Crippen molar-refractivity contribution >= 4 is 34.4 Å². The molecule has 0 aliphatic carbocycles. The minimum atomic E-state index is -0.684. The molecule has 1 aromatic carbocycles. The third-order valence-electron chi connectivity index (χ3n) is 5.45. The number of anilines is 2. The minimum Gasteiger partial charge on any atom is -0.399 e. The molecule has 0 saturated carbocycles. The summed E-state index contributed by atoms with van der Waals surface area (Å²) in [6.45, 7) is 2.84. The van der Waals surface area contributed by atoms with E-state index in [2.05, 4.69) is 20.7 Å². The molecule has 32 heavy (non-hydrogen) atoms. The molecule has 5 rings (SSSR count). The van der Waals surface area contributed by atoms with E-state index in [9.17, 15) is 14.0 Å². The molecule has 0 spiro atoms. The van der Waals surface area contributed by atoms with E-state index in [-0.39, 0.29) is 23.3 Å². The van der Waals surface area contributed by atoms with E-state index in [1.807, 2.05) is 19.1 Å². The van der Waals surface area contributed by atoms with Crippen LogP contribution in [0.2, 0.25) is 0 Å². The summed E-state index contributed by atoms with van der Waals surface area (Å²) in [5.41, 5.74) is 8.47. The SMILES string of the molecule is C[C@@H]1CNC(=O)c2cc3cc(F)c(NC(=O)c4cnn(Cc5ccc(N)cc5)c4)nc3n21. The molecule has 10 heteroatoms. The van der Waals surface area contributed by atoms with Gasteiger partial charge in [0.2, 0.25) is 0 Å². The number of hydrogen-bond donors (Lipinski definition) is 3. The van der Waals surface area contributed by atoms with Gasteiger partial charge in [0.25, 0.3) is 11.8 Å². The molecule has 9 nitrogen and oxygen atoms in total. The van der Waals surface area contributed by atoms with Gasteiger partial charge in [-0.1, -0.05) is 12.1 Å². The number of nitrogens with zero attached hydrogens (tertiary/aromatic N) is 4. The van der Waals surface area contributed by atoms with Crippen LogP contribution in [0, 0.1) is 5.82 Å². The van der Waals surface area contributed by atoms with Crippen LogP contribution in [-0.4, -0.2) is 37.7 Å². The maximum absolute atomic E-state index is 14.7. The Hall–Kier alpha value is -4.21. The summed E-state index contributed by atoms with van der Waals surface area (Å²) in [6.07, 6.45) is 2.99. The molecular formula is C22H20FN7O2. The Kier molecular flexibility index (Phi) is 4.62. The summed E-state index contributed by atoms with van der Waals surface area (Å²) in [6, 6.07) is 10.2. The highest BCUT2D eigenvalue weighted by Gasteiger charge is 2.26.